The number of hydrogen-bond donors (Lipinski definition) is 2. The minimum absolute atomic E-state index is 0.566. The number of nitrogens with zero attached hydrogens (tertiary/aromatic N) is 1. The van der Waals surface area contributed by atoms with Crippen molar-refractivity contribution >= 4 is 31.8 Å². The van der Waals surface area contributed by atoms with Gasteiger partial charge >= 0.3 is 10.2 Å². The SMILES string of the molecule is CNCC1CCN(S(=O)(=O)Nc2ccc(Br)c(C)c2)CC1. The van der Waals surface area contributed by atoms with Crippen LogP contribution in [0.3, 0.4) is 0 Å². The normalized spacial score (nSPS) is 17.9. The average Bonchev–Trinajstić information content (AvgIpc) is 2.44. The maximum absolute atomic E-state index is 12.4. The third-order valence-electron chi connectivity index (χ3n) is 3.81. The summed E-state index contributed by atoms with van der Waals surface area (Å²) in [6.07, 6.45) is 1.81. The van der Waals surface area contributed by atoms with E-state index in [0.29, 0.717) is 24.7 Å². The number of piperidine rings is 1. The summed E-state index contributed by atoms with van der Waals surface area (Å²) in [4.78, 5) is 0. The van der Waals surface area contributed by atoms with Gasteiger partial charge in [-0.15, -0.1) is 0 Å². The van der Waals surface area contributed by atoms with Gasteiger partial charge in [0.1, 0.15) is 0 Å². The standard InChI is InChI=1S/C14H22BrN3O2S/c1-11-9-13(3-4-14(11)15)17-21(19,20)18-7-5-12(6-8-18)10-16-2/h3-4,9,12,16-17H,5-8,10H2,1-2H3. The summed E-state index contributed by atoms with van der Waals surface area (Å²) >= 11 is 3.41. The van der Waals surface area contributed by atoms with Crippen LogP contribution in [-0.4, -0.2) is 39.4 Å². The van der Waals surface area contributed by atoms with Gasteiger partial charge in [0, 0.05) is 17.6 Å². The van der Waals surface area contributed by atoms with Crippen molar-refractivity contribution in [3.63, 3.8) is 0 Å². The van der Waals surface area contributed by atoms with E-state index in [0.717, 1.165) is 29.4 Å². The molecule has 2 N–H and O–H groups in total. The minimum atomic E-state index is -3.46. The molecule has 2 rings (SSSR count). The molecular weight excluding hydrogens is 354 g/mol. The zero-order chi connectivity index (χ0) is 15.5. The zero-order valence-electron chi connectivity index (χ0n) is 12.4. The van der Waals surface area contributed by atoms with Gasteiger partial charge < -0.3 is 5.32 Å². The molecule has 118 valence electrons. The van der Waals surface area contributed by atoms with Gasteiger partial charge in [0.05, 0.1) is 5.69 Å². The van der Waals surface area contributed by atoms with Gasteiger partial charge in [-0.1, -0.05) is 15.9 Å². The van der Waals surface area contributed by atoms with Gasteiger partial charge in [-0.25, -0.2) is 0 Å². The smallest absolute Gasteiger partial charge is 0.301 e. The quantitative estimate of drug-likeness (QED) is 0.829. The van der Waals surface area contributed by atoms with Gasteiger partial charge in [-0.05, 0) is 63.0 Å². The second kappa shape index (κ2) is 7.09. The number of hydrogen-bond acceptors (Lipinski definition) is 3. The Morgan fingerprint density at radius 3 is 2.57 bits per heavy atom. The second-order valence-corrected chi connectivity index (χ2v) is 8.00. The fourth-order valence-corrected chi connectivity index (χ4v) is 4.06. The molecule has 0 spiro atoms. The average molecular weight is 376 g/mol. The molecule has 0 unspecified atom stereocenters. The number of benzene rings is 1. The molecule has 1 aromatic carbocycles. The van der Waals surface area contributed by atoms with Crippen molar-refractivity contribution in [2.24, 2.45) is 5.92 Å². The van der Waals surface area contributed by atoms with E-state index in [2.05, 4.69) is 26.0 Å². The van der Waals surface area contributed by atoms with E-state index < -0.39 is 10.2 Å². The summed E-state index contributed by atoms with van der Waals surface area (Å²) < 4.78 is 30.0. The van der Waals surface area contributed by atoms with Gasteiger partial charge in [0.15, 0.2) is 0 Å². The van der Waals surface area contributed by atoms with Crippen molar-refractivity contribution in [2.75, 3.05) is 31.4 Å². The number of rotatable bonds is 5. The Labute approximate surface area is 135 Å². The molecule has 1 heterocycles. The van der Waals surface area contributed by atoms with E-state index in [1.165, 1.54) is 4.31 Å². The fourth-order valence-electron chi connectivity index (χ4n) is 2.56. The number of anilines is 1. The first-order valence-electron chi connectivity index (χ1n) is 7.11. The van der Waals surface area contributed by atoms with Crippen molar-refractivity contribution in [1.29, 1.82) is 0 Å². The second-order valence-electron chi connectivity index (χ2n) is 5.47. The van der Waals surface area contributed by atoms with Crippen LogP contribution >= 0.6 is 15.9 Å². The molecule has 0 atom stereocenters. The summed E-state index contributed by atoms with van der Waals surface area (Å²) in [5.74, 6) is 0.566. The molecule has 1 fully saturated rings. The van der Waals surface area contributed by atoms with E-state index in [4.69, 9.17) is 0 Å². The molecule has 0 saturated carbocycles. The summed E-state index contributed by atoms with van der Waals surface area (Å²) in [6, 6.07) is 5.45. The maximum Gasteiger partial charge on any atom is 0.301 e. The molecule has 21 heavy (non-hydrogen) atoms. The number of halogens is 1. The Kier molecular flexibility index (Phi) is 5.65. The fraction of sp³-hybridized carbons (Fsp3) is 0.571. The Morgan fingerprint density at radius 2 is 2.00 bits per heavy atom. The van der Waals surface area contributed by atoms with Crippen LogP contribution in [0, 0.1) is 12.8 Å². The van der Waals surface area contributed by atoms with Gasteiger partial charge in [0.25, 0.3) is 0 Å². The molecule has 1 aliphatic heterocycles. The van der Waals surface area contributed by atoms with Crippen LogP contribution in [0.15, 0.2) is 22.7 Å². The molecular formula is C14H22BrN3O2S. The third kappa shape index (κ3) is 4.42. The number of aryl methyl sites for hydroxylation is 1. The highest BCUT2D eigenvalue weighted by Gasteiger charge is 2.27. The van der Waals surface area contributed by atoms with Crippen LogP contribution in [0.5, 0.6) is 0 Å². The number of nitrogens with one attached hydrogen (secondary N) is 2. The highest BCUT2D eigenvalue weighted by molar-refractivity contribution is 9.10. The first kappa shape index (κ1) is 16.7. The molecule has 0 amide bonds. The predicted molar refractivity (Wildman–Crippen MR) is 89.6 cm³/mol. The Morgan fingerprint density at radius 1 is 1.33 bits per heavy atom. The van der Waals surface area contributed by atoms with Crippen molar-refractivity contribution < 1.29 is 8.42 Å². The lowest BCUT2D eigenvalue weighted by atomic mass is 9.98. The summed E-state index contributed by atoms with van der Waals surface area (Å²) in [5, 5.41) is 3.15. The molecule has 1 aromatic rings. The highest BCUT2D eigenvalue weighted by Crippen LogP contribution is 2.23. The van der Waals surface area contributed by atoms with Crippen molar-refractivity contribution in [2.45, 2.75) is 19.8 Å². The van der Waals surface area contributed by atoms with Gasteiger partial charge in [-0.3, -0.25) is 4.72 Å². The van der Waals surface area contributed by atoms with Crippen LogP contribution in [0.25, 0.3) is 0 Å². The molecule has 1 saturated heterocycles. The molecule has 0 bridgehead atoms. The lowest BCUT2D eigenvalue weighted by Crippen LogP contribution is -2.43. The minimum Gasteiger partial charge on any atom is -0.319 e. The van der Waals surface area contributed by atoms with Crippen LogP contribution in [0.1, 0.15) is 18.4 Å². The van der Waals surface area contributed by atoms with E-state index in [1.54, 1.807) is 6.07 Å². The largest absolute Gasteiger partial charge is 0.319 e. The van der Waals surface area contributed by atoms with E-state index in [9.17, 15) is 8.42 Å². The first-order valence-corrected chi connectivity index (χ1v) is 9.34. The van der Waals surface area contributed by atoms with Crippen molar-refractivity contribution in [1.82, 2.24) is 9.62 Å². The van der Waals surface area contributed by atoms with Crippen LogP contribution < -0.4 is 10.0 Å². The van der Waals surface area contributed by atoms with Crippen LogP contribution in [-0.2, 0) is 10.2 Å². The monoisotopic (exact) mass is 375 g/mol. The highest BCUT2D eigenvalue weighted by atomic mass is 79.9. The predicted octanol–water partition coefficient (Wildman–Crippen LogP) is 2.35. The molecule has 7 heteroatoms. The molecule has 5 nitrogen and oxygen atoms in total. The Balaban J connectivity index is 2.00. The van der Waals surface area contributed by atoms with Crippen molar-refractivity contribution in [3.8, 4) is 0 Å². The maximum atomic E-state index is 12.4. The molecule has 0 aromatic heterocycles. The summed E-state index contributed by atoms with van der Waals surface area (Å²) in [7, 11) is -1.53. The lowest BCUT2D eigenvalue weighted by molar-refractivity contribution is 0.272. The topological polar surface area (TPSA) is 61.4 Å². The molecule has 1 aliphatic rings. The Bertz CT molecular complexity index is 584. The zero-order valence-corrected chi connectivity index (χ0v) is 14.8. The Hall–Kier alpha value is -0.630. The third-order valence-corrected chi connectivity index (χ3v) is 6.24. The first-order chi connectivity index (χ1) is 9.92. The van der Waals surface area contributed by atoms with Gasteiger partial charge in [0.2, 0.25) is 0 Å². The van der Waals surface area contributed by atoms with E-state index in [1.807, 2.05) is 26.1 Å². The van der Waals surface area contributed by atoms with Crippen LogP contribution in [0.4, 0.5) is 5.69 Å². The lowest BCUT2D eigenvalue weighted by Gasteiger charge is -2.31. The molecule has 0 radical (unpaired) electrons. The van der Waals surface area contributed by atoms with E-state index >= 15 is 0 Å². The molecule has 0 aliphatic carbocycles. The van der Waals surface area contributed by atoms with E-state index in [-0.39, 0.29) is 0 Å². The summed E-state index contributed by atoms with van der Waals surface area (Å²) in [5.41, 5.74) is 1.61. The van der Waals surface area contributed by atoms with Crippen molar-refractivity contribution in [3.05, 3.63) is 28.2 Å². The van der Waals surface area contributed by atoms with Crippen LogP contribution in [0.2, 0.25) is 0 Å². The van der Waals surface area contributed by atoms with Gasteiger partial charge in [-0.2, -0.15) is 12.7 Å². The summed E-state index contributed by atoms with van der Waals surface area (Å²) in [6.45, 7) is 4.05.